The Morgan fingerprint density at radius 3 is 2.55 bits per heavy atom. The normalized spacial score (nSPS) is 32.4. The van der Waals surface area contributed by atoms with E-state index in [1.165, 1.54) is 30.4 Å². The molecule has 2 aromatic rings. The number of para-hydroxylation sites is 1. The number of rotatable bonds is 1. The summed E-state index contributed by atoms with van der Waals surface area (Å²) in [6, 6.07) is 13.0. The van der Waals surface area contributed by atoms with E-state index in [9.17, 15) is 10.2 Å². The predicted molar refractivity (Wildman–Crippen MR) is 115 cm³/mol. The standard InChI is InChI=1S/C18H24O2.C7H9NO/c1-18-9-8-14-13-5-3-12(19)10-11(13)2-4-15(14)16(18)6-7-17(18)20;8-5-6-3-1-2-4-7(6)9/h3,5,10,14-17,19-20H,2,4,6-9H2,1H3;1-4,9H,5,8H2. The zero-order valence-electron chi connectivity index (χ0n) is 17.2. The maximum absolute atomic E-state index is 10.4. The minimum absolute atomic E-state index is 0.0883. The van der Waals surface area contributed by atoms with Gasteiger partial charge < -0.3 is 21.1 Å². The maximum atomic E-state index is 10.4. The van der Waals surface area contributed by atoms with Gasteiger partial charge in [-0.3, -0.25) is 0 Å². The van der Waals surface area contributed by atoms with Crippen LogP contribution < -0.4 is 5.73 Å². The molecule has 5 atom stereocenters. The summed E-state index contributed by atoms with van der Waals surface area (Å²) in [6.07, 6.45) is 6.78. The van der Waals surface area contributed by atoms with Crippen molar-refractivity contribution in [2.45, 2.75) is 64.0 Å². The van der Waals surface area contributed by atoms with Crippen molar-refractivity contribution in [3.63, 3.8) is 0 Å². The van der Waals surface area contributed by atoms with Crippen molar-refractivity contribution in [1.82, 2.24) is 0 Å². The van der Waals surface area contributed by atoms with Crippen LogP contribution in [0.25, 0.3) is 0 Å². The second-order valence-electron chi connectivity index (χ2n) is 9.27. The molecular weight excluding hydrogens is 362 g/mol. The smallest absolute Gasteiger partial charge is 0.120 e. The fourth-order valence-corrected chi connectivity index (χ4v) is 6.22. The van der Waals surface area contributed by atoms with Crippen LogP contribution >= 0.6 is 0 Å². The first-order chi connectivity index (χ1) is 13.9. The highest BCUT2D eigenvalue weighted by Gasteiger charge is 2.54. The summed E-state index contributed by atoms with van der Waals surface area (Å²) in [5.41, 5.74) is 9.07. The van der Waals surface area contributed by atoms with E-state index in [1.54, 1.807) is 18.2 Å². The van der Waals surface area contributed by atoms with Gasteiger partial charge in [0, 0.05) is 12.1 Å². The Labute approximate surface area is 173 Å². The molecule has 0 bridgehead atoms. The van der Waals surface area contributed by atoms with E-state index in [0.717, 1.165) is 30.7 Å². The number of fused-ring (bicyclic) bond motifs is 5. The molecule has 5 rings (SSSR count). The molecule has 5 N–H and O–H groups in total. The van der Waals surface area contributed by atoms with Crippen molar-refractivity contribution >= 4 is 0 Å². The van der Waals surface area contributed by atoms with Gasteiger partial charge in [-0.2, -0.15) is 0 Å². The van der Waals surface area contributed by atoms with Gasteiger partial charge in [-0.25, -0.2) is 0 Å². The summed E-state index contributed by atoms with van der Waals surface area (Å²) in [5.74, 6) is 2.77. The zero-order chi connectivity index (χ0) is 20.6. The number of aliphatic hydroxyl groups is 1. The number of phenols is 2. The molecule has 0 aromatic heterocycles. The molecule has 5 unspecified atom stereocenters. The lowest BCUT2D eigenvalue weighted by atomic mass is 9.55. The number of aliphatic hydroxyl groups excluding tert-OH is 1. The molecule has 0 heterocycles. The molecule has 2 saturated carbocycles. The zero-order valence-corrected chi connectivity index (χ0v) is 17.2. The van der Waals surface area contributed by atoms with E-state index in [-0.39, 0.29) is 17.3 Å². The van der Waals surface area contributed by atoms with Crippen LogP contribution in [0.2, 0.25) is 0 Å². The summed E-state index contributed by atoms with van der Waals surface area (Å²) in [5, 5.41) is 29.1. The number of nitrogens with two attached hydrogens (primary N) is 1. The van der Waals surface area contributed by atoms with Gasteiger partial charge in [0.1, 0.15) is 11.5 Å². The first-order valence-electron chi connectivity index (χ1n) is 10.9. The third-order valence-electron chi connectivity index (χ3n) is 7.87. The molecule has 0 amide bonds. The highest BCUT2D eigenvalue weighted by Crippen LogP contribution is 2.60. The van der Waals surface area contributed by atoms with Crippen molar-refractivity contribution in [2.75, 3.05) is 0 Å². The average Bonchev–Trinajstić information content (AvgIpc) is 3.03. The van der Waals surface area contributed by atoms with Crippen molar-refractivity contribution in [2.24, 2.45) is 23.0 Å². The number of aryl methyl sites for hydroxylation is 1. The molecule has 2 fully saturated rings. The number of hydrogen-bond acceptors (Lipinski definition) is 4. The third-order valence-corrected chi connectivity index (χ3v) is 7.87. The van der Waals surface area contributed by atoms with Crippen molar-refractivity contribution in [3.05, 3.63) is 59.2 Å². The summed E-state index contributed by atoms with van der Waals surface area (Å²) >= 11 is 0. The fraction of sp³-hybridized carbons (Fsp3) is 0.520. The van der Waals surface area contributed by atoms with Crippen LogP contribution in [0, 0.1) is 17.3 Å². The van der Waals surface area contributed by atoms with E-state index in [4.69, 9.17) is 10.8 Å². The summed E-state index contributed by atoms with van der Waals surface area (Å²) in [4.78, 5) is 0. The Bertz CT molecular complexity index is 867. The number of hydrogen-bond donors (Lipinski definition) is 4. The van der Waals surface area contributed by atoms with Crippen LogP contribution in [0.3, 0.4) is 0 Å². The molecule has 0 radical (unpaired) electrons. The Hall–Kier alpha value is -2.04. The molecule has 3 aliphatic carbocycles. The maximum Gasteiger partial charge on any atom is 0.120 e. The van der Waals surface area contributed by atoms with Crippen LogP contribution in [-0.4, -0.2) is 21.4 Å². The van der Waals surface area contributed by atoms with E-state index < -0.39 is 0 Å². The highest BCUT2D eigenvalue weighted by molar-refractivity contribution is 5.40. The predicted octanol–water partition coefficient (Wildman–Crippen LogP) is 4.46. The molecule has 0 saturated heterocycles. The summed E-state index contributed by atoms with van der Waals surface area (Å²) in [6.45, 7) is 2.71. The largest absolute Gasteiger partial charge is 0.508 e. The van der Waals surface area contributed by atoms with Gasteiger partial charge >= 0.3 is 0 Å². The van der Waals surface area contributed by atoms with E-state index in [2.05, 4.69) is 13.0 Å². The molecule has 0 spiro atoms. The summed E-state index contributed by atoms with van der Waals surface area (Å²) < 4.78 is 0. The molecule has 0 aliphatic heterocycles. The van der Waals surface area contributed by atoms with Crippen molar-refractivity contribution in [1.29, 1.82) is 0 Å². The third kappa shape index (κ3) is 3.64. The average molecular weight is 396 g/mol. The van der Waals surface area contributed by atoms with Gasteiger partial charge in [0.25, 0.3) is 0 Å². The number of benzene rings is 2. The van der Waals surface area contributed by atoms with Crippen LogP contribution in [0.15, 0.2) is 42.5 Å². The van der Waals surface area contributed by atoms with Gasteiger partial charge in [0.2, 0.25) is 0 Å². The molecule has 4 nitrogen and oxygen atoms in total. The first kappa shape index (κ1) is 20.2. The summed E-state index contributed by atoms with van der Waals surface area (Å²) in [7, 11) is 0. The monoisotopic (exact) mass is 395 g/mol. The van der Waals surface area contributed by atoms with Crippen LogP contribution in [0.5, 0.6) is 11.5 Å². The molecule has 156 valence electrons. The quantitative estimate of drug-likeness (QED) is 0.574. The fourth-order valence-electron chi connectivity index (χ4n) is 6.22. The SMILES string of the molecule is CC12CCC3c4ccc(O)cc4CCC3C1CCC2O.NCc1ccccc1O. The lowest BCUT2D eigenvalue weighted by molar-refractivity contribution is -0.0226. The highest BCUT2D eigenvalue weighted by atomic mass is 16.3. The second-order valence-corrected chi connectivity index (χ2v) is 9.27. The van der Waals surface area contributed by atoms with Gasteiger partial charge in [-0.15, -0.1) is 0 Å². The minimum Gasteiger partial charge on any atom is -0.508 e. The Morgan fingerprint density at radius 2 is 1.83 bits per heavy atom. The van der Waals surface area contributed by atoms with E-state index >= 15 is 0 Å². The number of aromatic hydroxyl groups is 2. The van der Waals surface area contributed by atoms with Crippen molar-refractivity contribution < 1.29 is 15.3 Å². The Morgan fingerprint density at radius 1 is 1.03 bits per heavy atom. The first-order valence-corrected chi connectivity index (χ1v) is 10.9. The molecule has 29 heavy (non-hydrogen) atoms. The second kappa shape index (κ2) is 8.00. The Balaban J connectivity index is 0.000000192. The van der Waals surface area contributed by atoms with Gasteiger partial charge in [-0.1, -0.05) is 31.2 Å². The topological polar surface area (TPSA) is 86.7 Å². The molecule has 4 heteroatoms. The molecular formula is C25H33NO3. The lowest BCUT2D eigenvalue weighted by Crippen LogP contribution is -2.43. The molecule has 3 aliphatic rings. The lowest BCUT2D eigenvalue weighted by Gasteiger charge is -2.50. The van der Waals surface area contributed by atoms with Crippen molar-refractivity contribution in [3.8, 4) is 11.5 Å². The van der Waals surface area contributed by atoms with E-state index in [0.29, 0.717) is 24.1 Å². The van der Waals surface area contributed by atoms with Crippen LogP contribution in [0.4, 0.5) is 0 Å². The number of phenolic OH excluding ortho intramolecular Hbond substituents is 2. The van der Waals surface area contributed by atoms with Gasteiger partial charge in [0.15, 0.2) is 0 Å². The Kier molecular flexibility index (Phi) is 5.58. The van der Waals surface area contributed by atoms with Crippen LogP contribution in [0.1, 0.15) is 61.6 Å². The van der Waals surface area contributed by atoms with Gasteiger partial charge in [-0.05, 0) is 91.0 Å². The van der Waals surface area contributed by atoms with E-state index in [1.807, 2.05) is 18.2 Å². The molecule has 2 aromatic carbocycles. The van der Waals surface area contributed by atoms with Gasteiger partial charge in [0.05, 0.1) is 6.10 Å². The van der Waals surface area contributed by atoms with Crippen LogP contribution in [-0.2, 0) is 13.0 Å². The minimum atomic E-state index is -0.0883.